The molecule has 2 aliphatic rings. The van der Waals surface area contributed by atoms with Crippen LogP contribution in [0.3, 0.4) is 0 Å². The van der Waals surface area contributed by atoms with Crippen molar-refractivity contribution < 1.29 is 27.8 Å². The van der Waals surface area contributed by atoms with E-state index in [9.17, 15) is 18.4 Å². The lowest BCUT2D eigenvalue weighted by atomic mass is 9.81. The first-order valence-electron chi connectivity index (χ1n) is 15.3. The summed E-state index contributed by atoms with van der Waals surface area (Å²) in [6, 6.07) is 11.6. The predicted octanol–water partition coefficient (Wildman–Crippen LogP) is 7.34. The Bertz CT molecular complexity index is 1290. The fraction of sp³-hybridized carbons (Fsp3) is 0.600. The van der Waals surface area contributed by atoms with E-state index in [1.54, 1.807) is 24.3 Å². The first-order chi connectivity index (χ1) is 19.8. The number of carbonyl (C=O) groups excluding carboxylic acids is 2. The van der Waals surface area contributed by atoms with Gasteiger partial charge in [-0.25, -0.2) is 18.4 Å². The molecule has 2 aliphatic heterocycles. The van der Waals surface area contributed by atoms with Gasteiger partial charge in [0.15, 0.2) is 0 Å². The molecular weight excluding hydrogens is 550 g/mol. The van der Waals surface area contributed by atoms with E-state index in [0.29, 0.717) is 36.8 Å². The molecule has 2 saturated heterocycles. The Hall–Kier alpha value is -2.84. The van der Waals surface area contributed by atoms with Gasteiger partial charge in [-0.2, -0.15) is 0 Å². The van der Waals surface area contributed by atoms with Crippen molar-refractivity contribution in [2.24, 2.45) is 0 Å². The number of halogens is 2. The molecular formula is C35H48F2N2O4. The van der Waals surface area contributed by atoms with E-state index in [4.69, 9.17) is 9.47 Å². The molecule has 2 N–H and O–H groups in total. The number of nitrogens with one attached hydrogen (secondary N) is 2. The van der Waals surface area contributed by atoms with Crippen LogP contribution in [0.2, 0.25) is 0 Å². The average Bonchev–Trinajstić information content (AvgIpc) is 2.83. The number of benzene rings is 2. The molecule has 4 rings (SSSR count). The van der Waals surface area contributed by atoms with Gasteiger partial charge in [-0.15, -0.1) is 0 Å². The van der Waals surface area contributed by atoms with Gasteiger partial charge in [0.25, 0.3) is 6.43 Å². The summed E-state index contributed by atoms with van der Waals surface area (Å²) in [6.45, 7) is 16.7. The van der Waals surface area contributed by atoms with Crippen LogP contribution in [0.15, 0.2) is 42.5 Å². The van der Waals surface area contributed by atoms with Crippen LogP contribution in [0.5, 0.6) is 0 Å². The van der Waals surface area contributed by atoms with E-state index in [1.807, 2.05) is 12.1 Å². The lowest BCUT2D eigenvalue weighted by Gasteiger charge is -2.45. The van der Waals surface area contributed by atoms with E-state index in [2.05, 4.69) is 66.0 Å². The second-order valence-electron chi connectivity index (χ2n) is 15.1. The second-order valence-corrected chi connectivity index (χ2v) is 15.1. The van der Waals surface area contributed by atoms with E-state index < -0.39 is 12.4 Å². The lowest BCUT2D eigenvalue weighted by Crippen LogP contribution is -2.59. The summed E-state index contributed by atoms with van der Waals surface area (Å²) >= 11 is 0. The number of alkyl halides is 2. The van der Waals surface area contributed by atoms with Crippen LogP contribution in [0.4, 0.5) is 8.78 Å². The third-order valence-electron chi connectivity index (χ3n) is 8.34. The highest BCUT2D eigenvalue weighted by atomic mass is 19.3. The Morgan fingerprint density at radius 2 is 1.12 bits per heavy atom. The Morgan fingerprint density at radius 3 is 1.56 bits per heavy atom. The molecule has 0 aromatic heterocycles. The molecule has 0 atom stereocenters. The highest BCUT2D eigenvalue weighted by Crippen LogP contribution is 2.33. The summed E-state index contributed by atoms with van der Waals surface area (Å²) in [6.07, 6.45) is 0.442. The predicted molar refractivity (Wildman–Crippen MR) is 165 cm³/mol. The van der Waals surface area contributed by atoms with Gasteiger partial charge in [0.2, 0.25) is 0 Å². The molecule has 0 radical (unpaired) electrons. The third kappa shape index (κ3) is 9.08. The molecule has 2 heterocycles. The van der Waals surface area contributed by atoms with Gasteiger partial charge in [-0.05, 0) is 104 Å². The summed E-state index contributed by atoms with van der Waals surface area (Å²) in [5.74, 6) is -0.935. The third-order valence-corrected chi connectivity index (χ3v) is 8.34. The second kappa shape index (κ2) is 12.3. The highest BCUT2D eigenvalue weighted by molar-refractivity contribution is 5.90. The van der Waals surface area contributed by atoms with Crippen molar-refractivity contribution in [3.05, 3.63) is 70.3 Å². The minimum absolute atomic E-state index is 0.131. The molecule has 0 unspecified atom stereocenters. The minimum Gasteiger partial charge on any atom is -0.459 e. The summed E-state index contributed by atoms with van der Waals surface area (Å²) in [4.78, 5) is 25.8. The van der Waals surface area contributed by atoms with Crippen molar-refractivity contribution in [1.82, 2.24) is 10.6 Å². The number of hydrogen-bond acceptors (Lipinski definition) is 6. The molecule has 2 aromatic rings. The van der Waals surface area contributed by atoms with Crippen LogP contribution in [-0.4, -0.2) is 46.3 Å². The molecule has 0 amide bonds. The van der Waals surface area contributed by atoms with Crippen LogP contribution >= 0.6 is 0 Å². The Morgan fingerprint density at radius 1 is 0.698 bits per heavy atom. The lowest BCUT2D eigenvalue weighted by molar-refractivity contribution is -0.00768. The van der Waals surface area contributed by atoms with Gasteiger partial charge in [0, 0.05) is 53.4 Å². The fourth-order valence-corrected chi connectivity index (χ4v) is 7.30. The number of piperidine rings is 2. The monoisotopic (exact) mass is 598 g/mol. The van der Waals surface area contributed by atoms with E-state index >= 15 is 0 Å². The normalized spacial score (nSPS) is 21.4. The van der Waals surface area contributed by atoms with Crippen molar-refractivity contribution >= 4 is 11.9 Å². The Balaban J connectivity index is 1.37. The maximum atomic E-state index is 14.1. The smallest absolute Gasteiger partial charge is 0.338 e. The maximum absolute atomic E-state index is 14.1. The molecule has 8 heteroatoms. The zero-order valence-electron chi connectivity index (χ0n) is 26.9. The van der Waals surface area contributed by atoms with Crippen LogP contribution in [-0.2, 0) is 22.3 Å². The molecule has 6 nitrogen and oxygen atoms in total. The maximum Gasteiger partial charge on any atom is 0.338 e. The fourth-order valence-electron chi connectivity index (χ4n) is 7.30. The summed E-state index contributed by atoms with van der Waals surface area (Å²) in [5.41, 5.74) is 1.17. The molecule has 2 fully saturated rings. The quantitative estimate of drug-likeness (QED) is 0.310. The van der Waals surface area contributed by atoms with E-state index in [1.165, 1.54) is 6.07 Å². The molecule has 43 heavy (non-hydrogen) atoms. The number of rotatable bonds is 8. The molecule has 0 saturated carbocycles. The molecule has 0 bridgehead atoms. The minimum atomic E-state index is -2.72. The Kier molecular flexibility index (Phi) is 9.44. The summed E-state index contributed by atoms with van der Waals surface area (Å²) in [7, 11) is 0. The largest absolute Gasteiger partial charge is 0.459 e. The standard InChI is InChI=1S/C35H48F2N2O4/c1-32(2)18-26(19-33(3,4)38-32)42-30(40)24-13-10-22(11-14-24)9-12-23-15-16-25(17-28(23)29(36)37)31(41)43-27-20-34(5,6)39-35(7,8)21-27/h10-11,13-17,26-27,29,38-39H,9,12,18-21H2,1-8H3. The van der Waals surface area contributed by atoms with Gasteiger partial charge in [0.05, 0.1) is 11.1 Å². The van der Waals surface area contributed by atoms with E-state index in [0.717, 1.165) is 18.4 Å². The van der Waals surface area contributed by atoms with Crippen LogP contribution < -0.4 is 10.6 Å². The van der Waals surface area contributed by atoms with Gasteiger partial charge < -0.3 is 20.1 Å². The van der Waals surface area contributed by atoms with E-state index in [-0.39, 0.29) is 51.5 Å². The molecule has 2 aromatic carbocycles. The highest BCUT2D eigenvalue weighted by Gasteiger charge is 2.40. The molecule has 0 spiro atoms. The first kappa shape index (κ1) is 33.1. The first-order valence-corrected chi connectivity index (χ1v) is 15.3. The van der Waals surface area contributed by atoms with Gasteiger partial charge >= 0.3 is 11.9 Å². The van der Waals surface area contributed by atoms with Gasteiger partial charge in [-0.3, -0.25) is 0 Å². The number of aryl methyl sites for hydroxylation is 2. The molecule has 236 valence electrons. The van der Waals surface area contributed by atoms with Crippen molar-refractivity contribution in [3.8, 4) is 0 Å². The average molecular weight is 599 g/mol. The van der Waals surface area contributed by atoms with Crippen LogP contribution in [0.25, 0.3) is 0 Å². The van der Waals surface area contributed by atoms with Crippen molar-refractivity contribution in [2.75, 3.05) is 0 Å². The number of hydrogen-bond donors (Lipinski definition) is 2. The SMILES string of the molecule is CC1(C)CC(OC(=O)c2ccc(CCc3ccc(C(=O)OC4CC(C)(C)NC(C)(C)C4)cc3C(F)F)cc2)CC(C)(C)N1. The van der Waals surface area contributed by atoms with Crippen molar-refractivity contribution in [3.63, 3.8) is 0 Å². The zero-order chi connectivity index (χ0) is 31.8. The van der Waals surface area contributed by atoms with Crippen molar-refractivity contribution in [2.45, 2.75) is 135 Å². The Labute approximate surface area is 255 Å². The topological polar surface area (TPSA) is 76.7 Å². The number of esters is 2. The van der Waals surface area contributed by atoms with Gasteiger partial charge in [-0.1, -0.05) is 18.2 Å². The number of ether oxygens (including phenoxy) is 2. The van der Waals surface area contributed by atoms with Crippen LogP contribution in [0, 0.1) is 0 Å². The van der Waals surface area contributed by atoms with Crippen molar-refractivity contribution in [1.29, 1.82) is 0 Å². The number of carbonyl (C=O) groups is 2. The summed E-state index contributed by atoms with van der Waals surface area (Å²) in [5, 5.41) is 7.14. The summed E-state index contributed by atoms with van der Waals surface area (Å²) < 4.78 is 39.8. The zero-order valence-corrected chi connectivity index (χ0v) is 26.9. The van der Waals surface area contributed by atoms with Gasteiger partial charge in [0.1, 0.15) is 12.2 Å². The molecule has 0 aliphatic carbocycles. The van der Waals surface area contributed by atoms with Crippen LogP contribution in [0.1, 0.15) is 125 Å².